The maximum atomic E-state index is 12.7. The van der Waals surface area contributed by atoms with E-state index < -0.39 is 5.91 Å². The first kappa shape index (κ1) is 19.6. The molecule has 0 aromatic heterocycles. The summed E-state index contributed by atoms with van der Waals surface area (Å²) in [6.45, 7) is 1.92. The number of carbonyl (C=O) groups is 2. The average Bonchev–Trinajstić information content (AvgIpc) is 2.63. The molecule has 0 spiro atoms. The SMILES string of the molecule is CCCC(=O)Nc1ccc(Cl)c(NC(=O)c2c(OC)cccc2OC)c1. The zero-order valence-electron chi connectivity index (χ0n) is 14.9. The third-order valence-corrected chi connectivity index (χ3v) is 3.96. The second kappa shape index (κ2) is 9.10. The molecule has 0 saturated heterocycles. The molecule has 26 heavy (non-hydrogen) atoms. The number of halogens is 1. The molecule has 0 radical (unpaired) electrons. The van der Waals surface area contributed by atoms with Crippen molar-refractivity contribution in [2.45, 2.75) is 19.8 Å². The Kier molecular flexibility index (Phi) is 6.86. The van der Waals surface area contributed by atoms with Gasteiger partial charge in [-0.3, -0.25) is 9.59 Å². The van der Waals surface area contributed by atoms with Gasteiger partial charge in [0.25, 0.3) is 5.91 Å². The molecule has 138 valence electrons. The van der Waals surface area contributed by atoms with Crippen LogP contribution < -0.4 is 20.1 Å². The largest absolute Gasteiger partial charge is 0.496 e. The molecule has 0 unspecified atom stereocenters. The lowest BCUT2D eigenvalue weighted by Gasteiger charge is -2.14. The van der Waals surface area contributed by atoms with Gasteiger partial charge in [0.1, 0.15) is 17.1 Å². The Labute approximate surface area is 157 Å². The molecule has 2 amide bonds. The summed E-state index contributed by atoms with van der Waals surface area (Å²) in [7, 11) is 2.95. The number of amides is 2. The van der Waals surface area contributed by atoms with Gasteiger partial charge in [-0.1, -0.05) is 24.6 Å². The Morgan fingerprint density at radius 3 is 2.27 bits per heavy atom. The van der Waals surface area contributed by atoms with Gasteiger partial charge in [-0.2, -0.15) is 0 Å². The van der Waals surface area contributed by atoms with Crippen LogP contribution in [0.2, 0.25) is 5.02 Å². The van der Waals surface area contributed by atoms with Crippen LogP contribution in [0.1, 0.15) is 30.1 Å². The highest BCUT2D eigenvalue weighted by Gasteiger charge is 2.19. The average molecular weight is 377 g/mol. The van der Waals surface area contributed by atoms with E-state index in [1.165, 1.54) is 14.2 Å². The lowest BCUT2D eigenvalue weighted by Crippen LogP contribution is -2.15. The van der Waals surface area contributed by atoms with Crippen LogP contribution in [0.5, 0.6) is 11.5 Å². The molecule has 0 aliphatic heterocycles. The zero-order chi connectivity index (χ0) is 19.1. The highest BCUT2D eigenvalue weighted by atomic mass is 35.5. The second-order valence-corrected chi connectivity index (χ2v) is 5.89. The minimum Gasteiger partial charge on any atom is -0.496 e. The Morgan fingerprint density at radius 1 is 1.04 bits per heavy atom. The highest BCUT2D eigenvalue weighted by molar-refractivity contribution is 6.34. The molecule has 0 fully saturated rings. The number of ether oxygens (including phenoxy) is 2. The van der Waals surface area contributed by atoms with Crippen LogP contribution in [0.4, 0.5) is 11.4 Å². The monoisotopic (exact) mass is 376 g/mol. The number of hydrogen-bond donors (Lipinski definition) is 2. The number of rotatable bonds is 7. The van der Waals surface area contributed by atoms with E-state index in [0.717, 1.165) is 6.42 Å². The van der Waals surface area contributed by atoms with Crippen LogP contribution in [0.3, 0.4) is 0 Å². The molecule has 2 rings (SSSR count). The van der Waals surface area contributed by atoms with Gasteiger partial charge in [-0.05, 0) is 36.8 Å². The molecule has 2 aromatic carbocycles. The van der Waals surface area contributed by atoms with Crippen molar-refractivity contribution in [1.82, 2.24) is 0 Å². The number of methoxy groups -OCH3 is 2. The summed E-state index contributed by atoms with van der Waals surface area (Å²) in [4.78, 5) is 24.5. The number of anilines is 2. The van der Waals surface area contributed by atoms with Crippen molar-refractivity contribution in [1.29, 1.82) is 0 Å². The van der Waals surface area contributed by atoms with E-state index >= 15 is 0 Å². The van der Waals surface area contributed by atoms with E-state index in [2.05, 4.69) is 10.6 Å². The van der Waals surface area contributed by atoms with E-state index in [1.54, 1.807) is 36.4 Å². The number of benzene rings is 2. The van der Waals surface area contributed by atoms with E-state index in [1.807, 2.05) is 6.92 Å². The summed E-state index contributed by atoms with van der Waals surface area (Å²) in [5.74, 6) is 0.229. The van der Waals surface area contributed by atoms with Gasteiger partial charge >= 0.3 is 0 Å². The standard InChI is InChI=1S/C19H21ClN2O4/c1-4-6-17(23)21-12-9-10-13(20)14(11-12)22-19(24)18-15(25-2)7-5-8-16(18)26-3/h5,7-11H,4,6H2,1-3H3,(H,21,23)(H,22,24). The van der Waals surface area contributed by atoms with Gasteiger partial charge in [0.05, 0.1) is 24.9 Å². The molecule has 0 heterocycles. The summed E-state index contributed by atoms with van der Waals surface area (Å²) >= 11 is 6.18. The predicted octanol–water partition coefficient (Wildman–Crippen LogP) is 4.35. The molecule has 0 aliphatic rings. The summed E-state index contributed by atoms with van der Waals surface area (Å²) in [6.07, 6.45) is 1.17. The first-order chi connectivity index (χ1) is 12.5. The minimum atomic E-state index is -0.432. The first-order valence-electron chi connectivity index (χ1n) is 8.11. The Morgan fingerprint density at radius 2 is 1.69 bits per heavy atom. The lowest BCUT2D eigenvalue weighted by molar-refractivity contribution is -0.116. The molecule has 0 bridgehead atoms. The summed E-state index contributed by atoms with van der Waals surface area (Å²) in [6, 6.07) is 9.95. The highest BCUT2D eigenvalue weighted by Crippen LogP contribution is 2.31. The van der Waals surface area contributed by atoms with E-state index in [-0.39, 0.29) is 11.5 Å². The maximum absolute atomic E-state index is 12.7. The van der Waals surface area contributed by atoms with Gasteiger partial charge in [0, 0.05) is 12.1 Å². The summed E-state index contributed by atoms with van der Waals surface area (Å²) < 4.78 is 10.5. The van der Waals surface area contributed by atoms with Gasteiger partial charge in [-0.25, -0.2) is 0 Å². The molecule has 0 saturated carbocycles. The molecule has 7 heteroatoms. The quantitative estimate of drug-likeness (QED) is 0.753. The zero-order valence-corrected chi connectivity index (χ0v) is 15.6. The van der Waals surface area contributed by atoms with E-state index in [0.29, 0.717) is 34.3 Å². The van der Waals surface area contributed by atoms with Crippen LogP contribution in [-0.4, -0.2) is 26.0 Å². The third kappa shape index (κ3) is 4.67. The third-order valence-electron chi connectivity index (χ3n) is 3.63. The van der Waals surface area contributed by atoms with Crippen LogP contribution in [0.25, 0.3) is 0 Å². The van der Waals surface area contributed by atoms with Crippen molar-refractivity contribution in [2.75, 3.05) is 24.9 Å². The van der Waals surface area contributed by atoms with Crippen molar-refractivity contribution in [3.05, 3.63) is 47.0 Å². The minimum absolute atomic E-state index is 0.0986. The van der Waals surface area contributed by atoms with Crippen LogP contribution in [0, 0.1) is 0 Å². The molecule has 0 aliphatic carbocycles. The fraction of sp³-hybridized carbons (Fsp3) is 0.263. The molecular weight excluding hydrogens is 356 g/mol. The van der Waals surface area contributed by atoms with Crippen LogP contribution in [0.15, 0.2) is 36.4 Å². The maximum Gasteiger partial charge on any atom is 0.263 e. The molecule has 0 atom stereocenters. The van der Waals surface area contributed by atoms with Gasteiger partial charge in [0.2, 0.25) is 5.91 Å². The predicted molar refractivity (Wildman–Crippen MR) is 102 cm³/mol. The number of nitrogens with one attached hydrogen (secondary N) is 2. The van der Waals surface area contributed by atoms with Gasteiger partial charge in [0.15, 0.2) is 0 Å². The fourth-order valence-electron chi connectivity index (χ4n) is 2.41. The van der Waals surface area contributed by atoms with Crippen molar-refractivity contribution in [2.24, 2.45) is 0 Å². The fourth-order valence-corrected chi connectivity index (χ4v) is 2.57. The van der Waals surface area contributed by atoms with Crippen LogP contribution >= 0.6 is 11.6 Å². The lowest BCUT2D eigenvalue weighted by atomic mass is 10.1. The first-order valence-corrected chi connectivity index (χ1v) is 8.49. The Hall–Kier alpha value is -2.73. The normalized spacial score (nSPS) is 10.2. The van der Waals surface area contributed by atoms with Gasteiger partial charge < -0.3 is 20.1 Å². The Bertz CT molecular complexity index is 786. The number of carbonyl (C=O) groups excluding carboxylic acids is 2. The second-order valence-electron chi connectivity index (χ2n) is 5.48. The van der Waals surface area contributed by atoms with E-state index in [4.69, 9.17) is 21.1 Å². The molecule has 2 N–H and O–H groups in total. The van der Waals surface area contributed by atoms with Crippen molar-refractivity contribution < 1.29 is 19.1 Å². The molecular formula is C19H21ClN2O4. The van der Waals surface area contributed by atoms with Gasteiger partial charge in [-0.15, -0.1) is 0 Å². The van der Waals surface area contributed by atoms with E-state index in [9.17, 15) is 9.59 Å². The molecule has 6 nitrogen and oxygen atoms in total. The smallest absolute Gasteiger partial charge is 0.263 e. The molecule has 2 aromatic rings. The van der Waals surface area contributed by atoms with Crippen molar-refractivity contribution in [3.63, 3.8) is 0 Å². The summed E-state index contributed by atoms with van der Waals surface area (Å²) in [5, 5.41) is 5.86. The van der Waals surface area contributed by atoms with Crippen LogP contribution in [-0.2, 0) is 4.79 Å². The Balaban J connectivity index is 2.28. The summed E-state index contributed by atoms with van der Waals surface area (Å²) in [5.41, 5.74) is 1.18. The van der Waals surface area contributed by atoms with Crippen molar-refractivity contribution >= 4 is 34.8 Å². The van der Waals surface area contributed by atoms with Crippen molar-refractivity contribution in [3.8, 4) is 11.5 Å². The topological polar surface area (TPSA) is 76.7 Å². The number of hydrogen-bond acceptors (Lipinski definition) is 4.